The van der Waals surface area contributed by atoms with Gasteiger partial charge in [0.1, 0.15) is 6.67 Å². The van der Waals surface area contributed by atoms with Crippen molar-refractivity contribution < 1.29 is 4.39 Å². The molecule has 0 heterocycles. The van der Waals surface area contributed by atoms with Crippen LogP contribution in [-0.2, 0) is 0 Å². The molecule has 2 heteroatoms. The molecule has 2 rings (SSSR count). The van der Waals surface area contributed by atoms with Crippen molar-refractivity contribution in [1.29, 1.82) is 0 Å². The van der Waals surface area contributed by atoms with Crippen LogP contribution in [0.2, 0.25) is 0 Å². The van der Waals surface area contributed by atoms with Crippen molar-refractivity contribution in [3.05, 3.63) is 71.8 Å². The summed E-state index contributed by atoms with van der Waals surface area (Å²) >= 11 is 0. The Hall–Kier alpha value is -1.67. The lowest BCUT2D eigenvalue weighted by Crippen LogP contribution is -2.24. The van der Waals surface area contributed by atoms with Gasteiger partial charge in [0.05, 0.1) is 6.04 Å². The largest absolute Gasteiger partial charge is 0.304 e. The van der Waals surface area contributed by atoms with Crippen LogP contribution in [0.1, 0.15) is 17.2 Å². The van der Waals surface area contributed by atoms with Crippen molar-refractivity contribution in [2.75, 3.05) is 13.2 Å². The Kier molecular flexibility index (Phi) is 4.28. The van der Waals surface area contributed by atoms with Crippen molar-refractivity contribution in [2.24, 2.45) is 0 Å². The Morgan fingerprint density at radius 1 is 0.824 bits per heavy atom. The smallest absolute Gasteiger partial charge is 0.102 e. The summed E-state index contributed by atoms with van der Waals surface area (Å²) in [4.78, 5) is 0. The zero-order valence-electron chi connectivity index (χ0n) is 9.64. The highest BCUT2D eigenvalue weighted by molar-refractivity contribution is 5.31. The molecule has 0 aliphatic carbocycles. The molecule has 0 saturated carbocycles. The molecule has 2 aromatic carbocycles. The number of rotatable bonds is 5. The van der Waals surface area contributed by atoms with Crippen molar-refractivity contribution in [3.8, 4) is 0 Å². The Morgan fingerprint density at radius 3 is 1.71 bits per heavy atom. The summed E-state index contributed by atoms with van der Waals surface area (Å²) in [6.45, 7) is 0.0185. The molecule has 1 N–H and O–H groups in total. The van der Waals surface area contributed by atoms with Gasteiger partial charge in [0.25, 0.3) is 0 Å². The maximum absolute atomic E-state index is 12.3. The summed E-state index contributed by atoms with van der Waals surface area (Å²) < 4.78 is 12.3. The predicted octanol–water partition coefficient (Wildman–Crippen LogP) is 3.34. The zero-order chi connectivity index (χ0) is 11.9. The molecule has 88 valence electrons. The van der Waals surface area contributed by atoms with Crippen LogP contribution in [0.5, 0.6) is 0 Å². The fraction of sp³-hybridized carbons (Fsp3) is 0.200. The fourth-order valence-electron chi connectivity index (χ4n) is 1.92. The van der Waals surface area contributed by atoms with E-state index in [4.69, 9.17) is 0 Å². The summed E-state index contributed by atoms with van der Waals surface area (Å²) in [5, 5.41) is 3.23. The van der Waals surface area contributed by atoms with Crippen LogP contribution in [0.25, 0.3) is 0 Å². The quantitative estimate of drug-likeness (QED) is 0.829. The molecule has 0 bridgehead atoms. The van der Waals surface area contributed by atoms with Crippen LogP contribution >= 0.6 is 0 Å². The average molecular weight is 229 g/mol. The van der Waals surface area contributed by atoms with Gasteiger partial charge in [-0.1, -0.05) is 60.7 Å². The normalized spacial score (nSPS) is 10.7. The van der Waals surface area contributed by atoms with Crippen LogP contribution in [0, 0.1) is 0 Å². The molecule has 0 spiro atoms. The van der Waals surface area contributed by atoms with E-state index in [0.29, 0.717) is 6.54 Å². The molecule has 2 aromatic rings. The SMILES string of the molecule is FCCNC(c1ccccc1)c1ccccc1. The van der Waals surface area contributed by atoms with E-state index in [1.54, 1.807) is 0 Å². The van der Waals surface area contributed by atoms with E-state index in [9.17, 15) is 4.39 Å². The number of benzene rings is 2. The first-order valence-corrected chi connectivity index (χ1v) is 5.81. The van der Waals surface area contributed by atoms with Crippen LogP contribution < -0.4 is 5.32 Å². The van der Waals surface area contributed by atoms with Gasteiger partial charge in [0, 0.05) is 6.54 Å². The molecule has 0 aromatic heterocycles. The minimum Gasteiger partial charge on any atom is -0.304 e. The lowest BCUT2D eigenvalue weighted by atomic mass is 9.99. The number of hydrogen-bond acceptors (Lipinski definition) is 1. The van der Waals surface area contributed by atoms with E-state index in [1.165, 1.54) is 0 Å². The number of halogens is 1. The molecule has 0 unspecified atom stereocenters. The Balaban J connectivity index is 2.26. The summed E-state index contributed by atoms with van der Waals surface area (Å²) in [6.07, 6.45) is 0. The summed E-state index contributed by atoms with van der Waals surface area (Å²) in [6, 6.07) is 20.3. The average Bonchev–Trinajstić information content (AvgIpc) is 2.42. The maximum atomic E-state index is 12.3. The summed E-state index contributed by atoms with van der Waals surface area (Å²) in [5.74, 6) is 0. The Bertz CT molecular complexity index is 388. The van der Waals surface area contributed by atoms with Gasteiger partial charge in [-0.15, -0.1) is 0 Å². The summed E-state index contributed by atoms with van der Waals surface area (Å²) in [7, 11) is 0. The monoisotopic (exact) mass is 229 g/mol. The van der Waals surface area contributed by atoms with E-state index in [2.05, 4.69) is 29.6 Å². The minimum atomic E-state index is -0.351. The lowest BCUT2D eigenvalue weighted by Gasteiger charge is -2.19. The molecular weight excluding hydrogens is 213 g/mol. The second-order valence-corrected chi connectivity index (χ2v) is 3.90. The van der Waals surface area contributed by atoms with E-state index < -0.39 is 0 Å². The minimum absolute atomic E-state index is 0.0631. The second-order valence-electron chi connectivity index (χ2n) is 3.90. The molecule has 0 atom stereocenters. The highest BCUT2D eigenvalue weighted by Gasteiger charge is 2.11. The van der Waals surface area contributed by atoms with Crippen molar-refractivity contribution in [1.82, 2.24) is 5.32 Å². The Labute approximate surface area is 101 Å². The van der Waals surface area contributed by atoms with Gasteiger partial charge in [-0.05, 0) is 11.1 Å². The van der Waals surface area contributed by atoms with E-state index in [0.717, 1.165) is 11.1 Å². The highest BCUT2D eigenvalue weighted by atomic mass is 19.1. The van der Waals surface area contributed by atoms with Gasteiger partial charge in [-0.2, -0.15) is 0 Å². The highest BCUT2D eigenvalue weighted by Crippen LogP contribution is 2.21. The van der Waals surface area contributed by atoms with Crippen LogP contribution in [0.3, 0.4) is 0 Å². The van der Waals surface area contributed by atoms with Crippen LogP contribution in [0.15, 0.2) is 60.7 Å². The van der Waals surface area contributed by atoms with Crippen LogP contribution in [0.4, 0.5) is 4.39 Å². The molecule has 0 saturated heterocycles. The van der Waals surface area contributed by atoms with Gasteiger partial charge >= 0.3 is 0 Å². The number of hydrogen-bond donors (Lipinski definition) is 1. The van der Waals surface area contributed by atoms with Gasteiger partial charge in [0.15, 0.2) is 0 Å². The summed E-state index contributed by atoms with van der Waals surface area (Å²) in [5.41, 5.74) is 2.32. The van der Waals surface area contributed by atoms with Crippen molar-refractivity contribution >= 4 is 0 Å². The van der Waals surface area contributed by atoms with E-state index in [-0.39, 0.29) is 12.7 Å². The molecule has 0 radical (unpaired) electrons. The van der Waals surface area contributed by atoms with E-state index >= 15 is 0 Å². The molecular formula is C15H16FN. The molecule has 0 fully saturated rings. The first-order valence-electron chi connectivity index (χ1n) is 5.81. The fourth-order valence-corrected chi connectivity index (χ4v) is 1.92. The van der Waals surface area contributed by atoms with E-state index in [1.807, 2.05) is 36.4 Å². The first-order chi connectivity index (χ1) is 8.42. The predicted molar refractivity (Wildman–Crippen MR) is 68.7 cm³/mol. The topological polar surface area (TPSA) is 12.0 Å². The second kappa shape index (κ2) is 6.16. The van der Waals surface area contributed by atoms with Gasteiger partial charge in [-0.3, -0.25) is 0 Å². The molecule has 0 amide bonds. The maximum Gasteiger partial charge on any atom is 0.102 e. The number of alkyl halides is 1. The molecule has 0 aliphatic heterocycles. The Morgan fingerprint density at radius 2 is 1.29 bits per heavy atom. The zero-order valence-corrected chi connectivity index (χ0v) is 9.64. The molecule has 0 aliphatic rings. The standard InChI is InChI=1S/C15H16FN/c16-11-12-17-15(13-7-3-1-4-8-13)14-9-5-2-6-10-14/h1-10,15,17H,11-12H2. The molecule has 17 heavy (non-hydrogen) atoms. The van der Waals surface area contributed by atoms with Crippen molar-refractivity contribution in [2.45, 2.75) is 6.04 Å². The van der Waals surface area contributed by atoms with Crippen molar-refractivity contribution in [3.63, 3.8) is 0 Å². The lowest BCUT2D eigenvalue weighted by molar-refractivity contribution is 0.451. The number of nitrogens with one attached hydrogen (secondary N) is 1. The van der Waals surface area contributed by atoms with Gasteiger partial charge in [-0.25, -0.2) is 4.39 Å². The molecule has 1 nitrogen and oxygen atoms in total. The first kappa shape index (κ1) is 11.8. The third kappa shape index (κ3) is 3.14. The third-order valence-electron chi connectivity index (χ3n) is 2.71. The van der Waals surface area contributed by atoms with Gasteiger partial charge < -0.3 is 5.32 Å². The third-order valence-corrected chi connectivity index (χ3v) is 2.71. The van der Waals surface area contributed by atoms with Gasteiger partial charge in [0.2, 0.25) is 0 Å². The van der Waals surface area contributed by atoms with Crippen LogP contribution in [-0.4, -0.2) is 13.2 Å².